The molecule has 1 rings (SSSR count). The Morgan fingerprint density at radius 2 is 1.93 bits per heavy atom. The largest absolute Gasteiger partial charge is 0.497 e. The third-order valence-electron chi connectivity index (χ3n) is 1.86. The molecule has 0 aromatic heterocycles. The van der Waals surface area contributed by atoms with Crippen LogP contribution in [0, 0.1) is 0 Å². The lowest BCUT2D eigenvalue weighted by Gasteiger charge is -2.13. The van der Waals surface area contributed by atoms with Crippen molar-refractivity contribution >= 4 is 23.2 Å². The molecule has 0 aliphatic heterocycles. The molecule has 1 aromatic carbocycles. The lowest BCUT2D eigenvalue weighted by atomic mass is 10.1. The van der Waals surface area contributed by atoms with Gasteiger partial charge in [0.1, 0.15) is 5.75 Å². The molecular formula is C9H11Cl2NO2. The number of nitrogens with two attached hydrogens (primary N) is 1. The number of aliphatic hydroxyl groups is 1. The fourth-order valence-corrected chi connectivity index (χ4v) is 1.87. The van der Waals surface area contributed by atoms with Crippen LogP contribution >= 0.6 is 23.2 Å². The van der Waals surface area contributed by atoms with Crippen molar-refractivity contribution in [2.75, 3.05) is 13.7 Å². The van der Waals surface area contributed by atoms with E-state index in [0.717, 1.165) is 0 Å². The Hall–Kier alpha value is -0.480. The van der Waals surface area contributed by atoms with E-state index < -0.39 is 6.04 Å². The highest BCUT2D eigenvalue weighted by Gasteiger charge is 2.14. The zero-order chi connectivity index (χ0) is 10.7. The molecule has 14 heavy (non-hydrogen) atoms. The second-order valence-corrected chi connectivity index (χ2v) is 3.61. The second-order valence-electron chi connectivity index (χ2n) is 2.79. The summed E-state index contributed by atoms with van der Waals surface area (Å²) in [7, 11) is 1.52. The van der Waals surface area contributed by atoms with E-state index in [1.165, 1.54) is 7.11 Å². The van der Waals surface area contributed by atoms with Gasteiger partial charge in [0.25, 0.3) is 0 Å². The van der Waals surface area contributed by atoms with Gasteiger partial charge in [-0.05, 0) is 12.1 Å². The molecule has 1 atom stereocenters. The zero-order valence-corrected chi connectivity index (χ0v) is 9.14. The highest BCUT2D eigenvalue weighted by molar-refractivity contribution is 6.36. The quantitative estimate of drug-likeness (QED) is 0.843. The summed E-state index contributed by atoms with van der Waals surface area (Å²) in [6, 6.07) is 2.65. The van der Waals surface area contributed by atoms with Crippen LogP contribution in [-0.2, 0) is 0 Å². The molecule has 0 aliphatic carbocycles. The van der Waals surface area contributed by atoms with Crippen LogP contribution in [0.1, 0.15) is 11.6 Å². The van der Waals surface area contributed by atoms with Gasteiger partial charge in [-0.25, -0.2) is 0 Å². The van der Waals surface area contributed by atoms with Crippen LogP contribution in [0.15, 0.2) is 12.1 Å². The molecule has 78 valence electrons. The van der Waals surface area contributed by atoms with Crippen molar-refractivity contribution in [2.24, 2.45) is 5.73 Å². The molecule has 0 fully saturated rings. The monoisotopic (exact) mass is 235 g/mol. The minimum Gasteiger partial charge on any atom is -0.497 e. The molecule has 3 N–H and O–H groups in total. The van der Waals surface area contributed by atoms with Crippen molar-refractivity contribution in [3.05, 3.63) is 27.7 Å². The first-order valence-electron chi connectivity index (χ1n) is 3.99. The van der Waals surface area contributed by atoms with Crippen LogP contribution in [-0.4, -0.2) is 18.8 Å². The molecule has 5 heteroatoms. The molecule has 1 unspecified atom stereocenters. The maximum absolute atomic E-state index is 8.89. The third-order valence-corrected chi connectivity index (χ3v) is 2.48. The standard InChI is InChI=1S/C9H11Cl2NO2/c1-14-5-2-6(10)9(7(11)3-5)8(12)4-13/h2-3,8,13H,4,12H2,1H3. The maximum Gasteiger partial charge on any atom is 0.121 e. The average Bonchev–Trinajstić information content (AvgIpc) is 2.16. The lowest BCUT2D eigenvalue weighted by Crippen LogP contribution is -2.15. The Morgan fingerprint density at radius 3 is 2.29 bits per heavy atom. The van der Waals surface area contributed by atoms with Crippen molar-refractivity contribution in [3.63, 3.8) is 0 Å². The van der Waals surface area contributed by atoms with Gasteiger partial charge in [0.2, 0.25) is 0 Å². The molecule has 1 aromatic rings. The molecule has 0 radical (unpaired) electrons. The van der Waals surface area contributed by atoms with Crippen LogP contribution in [0.4, 0.5) is 0 Å². The van der Waals surface area contributed by atoms with E-state index in [4.69, 9.17) is 38.8 Å². The number of rotatable bonds is 3. The summed E-state index contributed by atoms with van der Waals surface area (Å²) in [5.41, 5.74) is 6.17. The van der Waals surface area contributed by atoms with E-state index in [0.29, 0.717) is 21.4 Å². The number of methoxy groups -OCH3 is 1. The average molecular weight is 236 g/mol. The molecule has 0 spiro atoms. The van der Waals surface area contributed by atoms with Crippen molar-refractivity contribution in [1.29, 1.82) is 0 Å². The zero-order valence-electron chi connectivity index (χ0n) is 7.63. The minimum atomic E-state index is -0.569. The highest BCUT2D eigenvalue weighted by Crippen LogP contribution is 2.33. The Balaban J connectivity index is 3.18. The van der Waals surface area contributed by atoms with Crippen LogP contribution in [0.5, 0.6) is 5.75 Å². The van der Waals surface area contributed by atoms with Gasteiger partial charge in [-0.15, -0.1) is 0 Å². The SMILES string of the molecule is COc1cc(Cl)c(C(N)CO)c(Cl)c1. The number of halogens is 2. The molecule has 0 saturated carbocycles. The van der Waals surface area contributed by atoms with E-state index in [9.17, 15) is 0 Å². The van der Waals surface area contributed by atoms with E-state index in [1.807, 2.05) is 0 Å². The predicted molar refractivity (Wildman–Crippen MR) is 57.0 cm³/mol. The summed E-state index contributed by atoms with van der Waals surface area (Å²) in [6.07, 6.45) is 0. The minimum absolute atomic E-state index is 0.203. The molecule has 0 amide bonds. The number of hydrogen-bond donors (Lipinski definition) is 2. The lowest BCUT2D eigenvalue weighted by molar-refractivity contribution is 0.268. The van der Waals surface area contributed by atoms with Crippen LogP contribution < -0.4 is 10.5 Å². The van der Waals surface area contributed by atoms with Crippen molar-refractivity contribution < 1.29 is 9.84 Å². The number of aliphatic hydroxyl groups excluding tert-OH is 1. The Labute approximate surface area is 92.4 Å². The first-order chi connectivity index (χ1) is 6.60. The van der Waals surface area contributed by atoms with Gasteiger partial charge in [0.15, 0.2) is 0 Å². The van der Waals surface area contributed by atoms with E-state index in [1.54, 1.807) is 12.1 Å². The number of ether oxygens (including phenoxy) is 1. The summed E-state index contributed by atoms with van der Waals surface area (Å²) >= 11 is 11.9. The second kappa shape index (κ2) is 4.84. The van der Waals surface area contributed by atoms with E-state index in [-0.39, 0.29) is 6.61 Å². The van der Waals surface area contributed by atoms with Crippen LogP contribution in [0.2, 0.25) is 10.0 Å². The van der Waals surface area contributed by atoms with Crippen molar-refractivity contribution in [3.8, 4) is 5.75 Å². The summed E-state index contributed by atoms with van der Waals surface area (Å²) in [5, 5.41) is 9.69. The first kappa shape index (κ1) is 11.6. The molecule has 0 heterocycles. The van der Waals surface area contributed by atoms with E-state index >= 15 is 0 Å². The van der Waals surface area contributed by atoms with Gasteiger partial charge in [-0.1, -0.05) is 23.2 Å². The van der Waals surface area contributed by atoms with Gasteiger partial charge in [0.05, 0.1) is 29.8 Å². The molecule has 0 saturated heterocycles. The fraction of sp³-hybridized carbons (Fsp3) is 0.333. The third kappa shape index (κ3) is 2.30. The molecular weight excluding hydrogens is 225 g/mol. The Morgan fingerprint density at radius 1 is 1.43 bits per heavy atom. The van der Waals surface area contributed by atoms with Gasteiger partial charge in [-0.3, -0.25) is 0 Å². The predicted octanol–water partition coefficient (Wildman–Crippen LogP) is 1.99. The van der Waals surface area contributed by atoms with Crippen LogP contribution in [0.25, 0.3) is 0 Å². The normalized spacial score (nSPS) is 12.6. The summed E-state index contributed by atoms with van der Waals surface area (Å²) in [6.45, 7) is -0.203. The van der Waals surface area contributed by atoms with Gasteiger partial charge < -0.3 is 15.6 Å². The number of hydrogen-bond acceptors (Lipinski definition) is 3. The maximum atomic E-state index is 8.89. The molecule has 3 nitrogen and oxygen atoms in total. The number of benzene rings is 1. The van der Waals surface area contributed by atoms with Crippen LogP contribution in [0.3, 0.4) is 0 Å². The Bertz CT molecular complexity index is 308. The molecule has 0 bridgehead atoms. The summed E-state index contributed by atoms with van der Waals surface area (Å²) < 4.78 is 4.97. The topological polar surface area (TPSA) is 55.5 Å². The van der Waals surface area contributed by atoms with Crippen molar-refractivity contribution in [1.82, 2.24) is 0 Å². The molecule has 0 aliphatic rings. The summed E-state index contributed by atoms with van der Waals surface area (Å²) in [5.74, 6) is 0.564. The Kier molecular flexibility index (Phi) is 4.01. The van der Waals surface area contributed by atoms with Gasteiger partial charge >= 0.3 is 0 Å². The highest BCUT2D eigenvalue weighted by atomic mass is 35.5. The summed E-state index contributed by atoms with van der Waals surface area (Å²) in [4.78, 5) is 0. The smallest absolute Gasteiger partial charge is 0.121 e. The van der Waals surface area contributed by atoms with Gasteiger partial charge in [-0.2, -0.15) is 0 Å². The first-order valence-corrected chi connectivity index (χ1v) is 4.75. The van der Waals surface area contributed by atoms with E-state index in [2.05, 4.69) is 0 Å². The van der Waals surface area contributed by atoms with Gasteiger partial charge in [0, 0.05) is 5.56 Å². The van der Waals surface area contributed by atoms with Crippen molar-refractivity contribution in [2.45, 2.75) is 6.04 Å². The fourth-order valence-electron chi connectivity index (χ4n) is 1.12.